The molecule has 0 saturated carbocycles. The first-order valence-electron chi connectivity index (χ1n) is 9.89. The first-order valence-corrected chi connectivity index (χ1v) is 9.89. The normalized spacial score (nSPS) is 13.8. The van der Waals surface area contributed by atoms with Gasteiger partial charge in [-0.3, -0.25) is 19.2 Å². The summed E-state index contributed by atoms with van der Waals surface area (Å²) in [5, 5.41) is 22.4. The van der Waals surface area contributed by atoms with E-state index in [-0.39, 0.29) is 68.9 Å². The molecule has 0 aromatic rings. The van der Waals surface area contributed by atoms with Crippen molar-refractivity contribution in [2.75, 3.05) is 33.0 Å². The Morgan fingerprint density at radius 3 is 1.60 bits per heavy atom. The van der Waals surface area contributed by atoms with Crippen LogP contribution < -0.4 is 10.6 Å². The SMILES string of the molecule is CC(COCCOCC(C)OCC(C)NC(=O)CCC(=O)O)NC(=O)CCC(=O)O. The highest BCUT2D eigenvalue weighted by molar-refractivity contribution is 5.81. The predicted molar refractivity (Wildman–Crippen MR) is 106 cm³/mol. The van der Waals surface area contributed by atoms with Crippen molar-refractivity contribution in [2.24, 2.45) is 0 Å². The number of rotatable bonds is 18. The van der Waals surface area contributed by atoms with Crippen LogP contribution in [-0.2, 0) is 33.4 Å². The third-order valence-electron chi connectivity index (χ3n) is 3.67. The molecule has 0 saturated heterocycles. The Hall–Kier alpha value is -2.24. The molecule has 0 bridgehead atoms. The van der Waals surface area contributed by atoms with E-state index in [4.69, 9.17) is 24.4 Å². The maximum Gasteiger partial charge on any atom is 0.303 e. The summed E-state index contributed by atoms with van der Waals surface area (Å²) in [6.45, 7) is 6.93. The van der Waals surface area contributed by atoms with E-state index in [0.717, 1.165) is 0 Å². The van der Waals surface area contributed by atoms with Crippen LogP contribution in [0.5, 0.6) is 0 Å². The van der Waals surface area contributed by atoms with E-state index in [0.29, 0.717) is 19.8 Å². The van der Waals surface area contributed by atoms with Crippen molar-refractivity contribution in [3.05, 3.63) is 0 Å². The summed E-state index contributed by atoms with van der Waals surface area (Å²) < 4.78 is 16.4. The molecule has 174 valence electrons. The monoisotopic (exact) mass is 434 g/mol. The molecule has 11 heteroatoms. The molecule has 0 aliphatic heterocycles. The van der Waals surface area contributed by atoms with Gasteiger partial charge in [0.1, 0.15) is 0 Å². The molecule has 0 radical (unpaired) electrons. The van der Waals surface area contributed by atoms with Gasteiger partial charge in [-0.25, -0.2) is 0 Å². The molecule has 0 rings (SSSR count). The Morgan fingerprint density at radius 1 is 0.700 bits per heavy atom. The lowest BCUT2D eigenvalue weighted by Crippen LogP contribution is -2.37. The van der Waals surface area contributed by atoms with Crippen molar-refractivity contribution in [1.29, 1.82) is 0 Å². The summed E-state index contributed by atoms with van der Waals surface area (Å²) in [7, 11) is 0. The van der Waals surface area contributed by atoms with Gasteiger partial charge in [0, 0.05) is 24.9 Å². The van der Waals surface area contributed by atoms with Gasteiger partial charge < -0.3 is 35.1 Å². The van der Waals surface area contributed by atoms with Gasteiger partial charge in [-0.15, -0.1) is 0 Å². The Labute approximate surface area is 176 Å². The van der Waals surface area contributed by atoms with Crippen LogP contribution in [0.3, 0.4) is 0 Å². The van der Waals surface area contributed by atoms with E-state index in [1.165, 1.54) is 0 Å². The van der Waals surface area contributed by atoms with Gasteiger partial charge in [0.25, 0.3) is 0 Å². The van der Waals surface area contributed by atoms with Crippen molar-refractivity contribution in [3.63, 3.8) is 0 Å². The molecule has 0 aliphatic rings. The molecular formula is C19H34N2O9. The maximum absolute atomic E-state index is 11.5. The summed E-state index contributed by atoms with van der Waals surface area (Å²) in [6, 6.07) is -0.481. The number of nitrogens with one attached hydrogen (secondary N) is 2. The average molecular weight is 434 g/mol. The molecule has 0 spiro atoms. The molecule has 0 aromatic heterocycles. The highest BCUT2D eigenvalue weighted by Crippen LogP contribution is 1.97. The molecule has 0 aliphatic carbocycles. The van der Waals surface area contributed by atoms with Gasteiger partial charge in [0.05, 0.1) is 52.0 Å². The van der Waals surface area contributed by atoms with Crippen molar-refractivity contribution in [2.45, 2.75) is 64.6 Å². The van der Waals surface area contributed by atoms with Crippen LogP contribution in [-0.4, -0.2) is 85.2 Å². The van der Waals surface area contributed by atoms with Gasteiger partial charge >= 0.3 is 11.9 Å². The number of carbonyl (C=O) groups excluding carboxylic acids is 2. The topological polar surface area (TPSA) is 160 Å². The highest BCUT2D eigenvalue weighted by atomic mass is 16.5. The molecule has 3 atom stereocenters. The summed E-state index contributed by atoms with van der Waals surface area (Å²) in [6.07, 6.45) is -0.741. The van der Waals surface area contributed by atoms with Crippen LogP contribution in [0.1, 0.15) is 46.5 Å². The number of carboxylic acid groups (broad SMARTS) is 2. The summed E-state index contributed by atoms with van der Waals surface area (Å²) in [5.74, 6) is -2.69. The Morgan fingerprint density at radius 2 is 1.13 bits per heavy atom. The number of aliphatic carboxylic acids is 2. The van der Waals surface area contributed by atoms with E-state index >= 15 is 0 Å². The minimum atomic E-state index is -1.02. The molecule has 2 amide bonds. The zero-order valence-corrected chi connectivity index (χ0v) is 17.8. The maximum atomic E-state index is 11.5. The minimum absolute atomic E-state index is 0.0642. The third-order valence-corrected chi connectivity index (χ3v) is 3.67. The van der Waals surface area contributed by atoms with E-state index < -0.39 is 11.9 Å². The number of hydrogen-bond donors (Lipinski definition) is 4. The van der Waals surface area contributed by atoms with Gasteiger partial charge in [-0.05, 0) is 20.8 Å². The van der Waals surface area contributed by atoms with Crippen LogP contribution in [0.2, 0.25) is 0 Å². The number of carbonyl (C=O) groups is 4. The zero-order chi connectivity index (χ0) is 22.9. The lowest BCUT2D eigenvalue weighted by atomic mass is 10.2. The fraction of sp³-hybridized carbons (Fsp3) is 0.789. The van der Waals surface area contributed by atoms with E-state index in [9.17, 15) is 19.2 Å². The Bertz CT molecular complexity index is 542. The molecule has 3 unspecified atom stereocenters. The van der Waals surface area contributed by atoms with Crippen LogP contribution in [0.25, 0.3) is 0 Å². The first kappa shape index (κ1) is 27.8. The molecular weight excluding hydrogens is 400 g/mol. The second-order valence-electron chi connectivity index (χ2n) is 7.02. The zero-order valence-electron chi connectivity index (χ0n) is 17.8. The summed E-state index contributed by atoms with van der Waals surface area (Å²) in [4.78, 5) is 43.8. The van der Waals surface area contributed by atoms with Crippen LogP contribution in [0, 0.1) is 0 Å². The van der Waals surface area contributed by atoms with Crippen molar-refractivity contribution in [1.82, 2.24) is 10.6 Å². The van der Waals surface area contributed by atoms with Crippen molar-refractivity contribution < 1.29 is 43.6 Å². The average Bonchev–Trinajstić information content (AvgIpc) is 2.65. The lowest BCUT2D eigenvalue weighted by Gasteiger charge is -2.18. The fourth-order valence-electron chi connectivity index (χ4n) is 2.20. The lowest BCUT2D eigenvalue weighted by molar-refractivity contribution is -0.139. The highest BCUT2D eigenvalue weighted by Gasteiger charge is 2.12. The fourth-order valence-corrected chi connectivity index (χ4v) is 2.20. The number of hydrogen-bond acceptors (Lipinski definition) is 7. The van der Waals surface area contributed by atoms with E-state index in [1.807, 2.05) is 6.92 Å². The summed E-state index contributed by atoms with van der Waals surface area (Å²) >= 11 is 0. The van der Waals surface area contributed by atoms with Gasteiger partial charge in [-0.2, -0.15) is 0 Å². The minimum Gasteiger partial charge on any atom is -0.481 e. The number of amides is 2. The molecule has 0 fully saturated rings. The Kier molecular flexibility index (Phi) is 15.3. The molecule has 4 N–H and O–H groups in total. The molecule has 30 heavy (non-hydrogen) atoms. The predicted octanol–water partition coefficient (Wildman–Crippen LogP) is 0.164. The van der Waals surface area contributed by atoms with E-state index in [1.54, 1.807) is 13.8 Å². The smallest absolute Gasteiger partial charge is 0.303 e. The van der Waals surface area contributed by atoms with E-state index in [2.05, 4.69) is 10.6 Å². The van der Waals surface area contributed by atoms with Crippen LogP contribution in [0.15, 0.2) is 0 Å². The summed E-state index contributed by atoms with van der Waals surface area (Å²) in [5.41, 5.74) is 0. The van der Waals surface area contributed by atoms with Crippen LogP contribution in [0.4, 0.5) is 0 Å². The third kappa shape index (κ3) is 17.8. The largest absolute Gasteiger partial charge is 0.481 e. The quantitative estimate of drug-likeness (QED) is 0.220. The first-order chi connectivity index (χ1) is 14.1. The molecule has 11 nitrogen and oxygen atoms in total. The Balaban J connectivity index is 3.67. The van der Waals surface area contributed by atoms with Gasteiger partial charge in [0.2, 0.25) is 11.8 Å². The van der Waals surface area contributed by atoms with Crippen molar-refractivity contribution in [3.8, 4) is 0 Å². The van der Waals surface area contributed by atoms with Crippen molar-refractivity contribution >= 4 is 23.8 Å². The van der Waals surface area contributed by atoms with Crippen LogP contribution >= 0.6 is 0 Å². The number of ether oxygens (including phenoxy) is 3. The number of carboxylic acids is 2. The standard InChI is InChI=1S/C19H34N2O9/c1-13(20-16(22)4-6-18(24)25)10-28-8-9-29-12-15(3)30-11-14(2)21-17(23)5-7-19(26)27/h13-15H,4-12H2,1-3H3,(H,20,22)(H,21,23)(H,24,25)(H,26,27). The van der Waals surface area contributed by atoms with Gasteiger partial charge in [-0.1, -0.05) is 0 Å². The molecule has 0 heterocycles. The van der Waals surface area contributed by atoms with Gasteiger partial charge in [0.15, 0.2) is 0 Å². The molecule has 0 aromatic carbocycles. The second kappa shape index (κ2) is 16.5. The second-order valence-corrected chi connectivity index (χ2v) is 7.02.